The van der Waals surface area contributed by atoms with Crippen LogP contribution in [0.5, 0.6) is 5.75 Å². The van der Waals surface area contributed by atoms with Crippen LogP contribution < -0.4 is 15.4 Å². The average Bonchev–Trinajstić information content (AvgIpc) is 2.67. The van der Waals surface area contributed by atoms with Crippen LogP contribution in [0.3, 0.4) is 0 Å². The molecule has 28 heavy (non-hydrogen) atoms. The Morgan fingerprint density at radius 3 is 2.43 bits per heavy atom. The third-order valence-electron chi connectivity index (χ3n) is 4.23. The van der Waals surface area contributed by atoms with Gasteiger partial charge in [-0.1, -0.05) is 44.2 Å². The molecule has 5 heteroatoms. The topological polar surface area (TPSA) is 59.1 Å². The highest BCUT2D eigenvalue weighted by atomic mass is 16.5. The number of nitrogens with zero attached hydrogens (tertiary/aromatic N) is 2. The van der Waals surface area contributed by atoms with Crippen molar-refractivity contribution in [3.8, 4) is 5.75 Å². The van der Waals surface area contributed by atoms with Gasteiger partial charge in [0.15, 0.2) is 0 Å². The van der Waals surface area contributed by atoms with Crippen LogP contribution in [-0.4, -0.2) is 16.5 Å². The molecule has 0 aliphatic heterocycles. The highest BCUT2D eigenvalue weighted by Crippen LogP contribution is 2.21. The number of hydrogen-bond acceptors (Lipinski definition) is 5. The minimum atomic E-state index is 0.560. The molecule has 0 saturated carbocycles. The molecule has 3 rings (SSSR count). The maximum absolute atomic E-state index is 5.84. The number of hydrogen-bond donors (Lipinski definition) is 2. The summed E-state index contributed by atoms with van der Waals surface area (Å²) in [5, 5.41) is 6.64. The second kappa shape index (κ2) is 9.74. The maximum Gasteiger partial charge on any atom is 0.224 e. The van der Waals surface area contributed by atoms with E-state index in [-0.39, 0.29) is 0 Å². The molecule has 0 saturated heterocycles. The summed E-state index contributed by atoms with van der Waals surface area (Å²) in [5.41, 5.74) is 3.03. The average molecular weight is 377 g/mol. The van der Waals surface area contributed by atoms with Gasteiger partial charge in [-0.25, -0.2) is 4.98 Å². The molecule has 2 aromatic carbocycles. The summed E-state index contributed by atoms with van der Waals surface area (Å²) >= 11 is 0. The highest BCUT2D eigenvalue weighted by Gasteiger charge is 2.04. The molecule has 0 aliphatic carbocycles. The fourth-order valence-electron chi connectivity index (χ4n) is 2.71. The van der Waals surface area contributed by atoms with Crippen LogP contribution >= 0.6 is 0 Å². The summed E-state index contributed by atoms with van der Waals surface area (Å²) < 4.78 is 5.84. The zero-order valence-electron chi connectivity index (χ0n) is 16.8. The van der Waals surface area contributed by atoms with Gasteiger partial charge in [-0.2, -0.15) is 4.98 Å². The molecule has 0 aliphatic rings. The smallest absolute Gasteiger partial charge is 0.224 e. The summed E-state index contributed by atoms with van der Waals surface area (Å²) in [6.07, 6.45) is 1.09. The third-order valence-corrected chi connectivity index (χ3v) is 4.23. The molecule has 0 atom stereocenters. The largest absolute Gasteiger partial charge is 0.489 e. The summed E-state index contributed by atoms with van der Waals surface area (Å²) in [4.78, 5) is 9.02. The number of nitrogens with one attached hydrogen (secondary N) is 2. The summed E-state index contributed by atoms with van der Waals surface area (Å²) in [5.74, 6) is 2.92. The number of ether oxygens (including phenoxy) is 1. The lowest BCUT2D eigenvalue weighted by molar-refractivity contribution is 0.306. The highest BCUT2D eigenvalue weighted by molar-refractivity contribution is 5.58. The SMILES string of the molecule is Cc1cc(Nc2ccc(OCc3ccccc3)cc2)nc(NCCC(C)C)n1. The van der Waals surface area contributed by atoms with Crippen LogP contribution in [0.2, 0.25) is 0 Å². The van der Waals surface area contributed by atoms with Crippen molar-refractivity contribution in [2.24, 2.45) is 5.92 Å². The maximum atomic E-state index is 5.84. The Morgan fingerprint density at radius 1 is 0.964 bits per heavy atom. The Hall–Kier alpha value is -3.08. The van der Waals surface area contributed by atoms with Crippen molar-refractivity contribution in [3.05, 3.63) is 71.9 Å². The van der Waals surface area contributed by atoms with Crippen molar-refractivity contribution >= 4 is 17.5 Å². The fraction of sp³-hybridized carbons (Fsp3) is 0.304. The monoisotopic (exact) mass is 376 g/mol. The predicted molar refractivity (Wildman–Crippen MR) is 115 cm³/mol. The number of benzene rings is 2. The Morgan fingerprint density at radius 2 is 1.71 bits per heavy atom. The first-order valence-corrected chi connectivity index (χ1v) is 9.72. The molecule has 1 aromatic heterocycles. The Kier molecular flexibility index (Phi) is 6.84. The number of aromatic nitrogens is 2. The minimum absolute atomic E-state index is 0.560. The van der Waals surface area contributed by atoms with E-state index in [2.05, 4.69) is 46.6 Å². The Balaban J connectivity index is 1.58. The first kappa shape index (κ1) is 19.7. The summed E-state index contributed by atoms with van der Waals surface area (Å²) in [6.45, 7) is 7.82. The van der Waals surface area contributed by atoms with E-state index in [9.17, 15) is 0 Å². The normalized spacial score (nSPS) is 10.7. The number of anilines is 3. The van der Waals surface area contributed by atoms with Gasteiger partial charge in [0.05, 0.1) is 0 Å². The van der Waals surface area contributed by atoms with Crippen molar-refractivity contribution in [1.82, 2.24) is 9.97 Å². The van der Waals surface area contributed by atoms with Gasteiger partial charge in [-0.05, 0) is 49.1 Å². The summed E-state index contributed by atoms with van der Waals surface area (Å²) in [7, 11) is 0. The molecule has 5 nitrogen and oxygen atoms in total. The van der Waals surface area contributed by atoms with E-state index in [1.807, 2.05) is 55.5 Å². The Bertz CT molecular complexity index is 864. The number of rotatable bonds is 9. The number of aryl methyl sites for hydroxylation is 1. The first-order valence-electron chi connectivity index (χ1n) is 9.72. The molecule has 0 amide bonds. The van der Waals surface area contributed by atoms with E-state index in [0.717, 1.165) is 41.5 Å². The van der Waals surface area contributed by atoms with Crippen LogP contribution in [0.25, 0.3) is 0 Å². The molecular formula is C23H28N4O. The van der Waals surface area contributed by atoms with Gasteiger partial charge >= 0.3 is 0 Å². The van der Waals surface area contributed by atoms with Gasteiger partial charge in [0, 0.05) is 24.0 Å². The van der Waals surface area contributed by atoms with Crippen molar-refractivity contribution in [1.29, 1.82) is 0 Å². The van der Waals surface area contributed by atoms with E-state index in [1.165, 1.54) is 0 Å². The second-order valence-corrected chi connectivity index (χ2v) is 7.25. The Labute approximate surface area is 167 Å². The van der Waals surface area contributed by atoms with E-state index in [0.29, 0.717) is 18.5 Å². The lowest BCUT2D eigenvalue weighted by Gasteiger charge is -2.11. The lowest BCUT2D eigenvalue weighted by Crippen LogP contribution is -2.09. The van der Waals surface area contributed by atoms with Crippen molar-refractivity contribution in [3.63, 3.8) is 0 Å². The van der Waals surface area contributed by atoms with E-state index >= 15 is 0 Å². The van der Waals surface area contributed by atoms with Crippen molar-refractivity contribution in [2.75, 3.05) is 17.2 Å². The fourth-order valence-corrected chi connectivity index (χ4v) is 2.71. The van der Waals surface area contributed by atoms with Gasteiger partial charge in [-0.15, -0.1) is 0 Å². The second-order valence-electron chi connectivity index (χ2n) is 7.25. The van der Waals surface area contributed by atoms with Gasteiger partial charge in [0.2, 0.25) is 5.95 Å². The van der Waals surface area contributed by atoms with E-state index in [4.69, 9.17) is 4.74 Å². The van der Waals surface area contributed by atoms with Gasteiger partial charge in [0.25, 0.3) is 0 Å². The molecule has 3 aromatic rings. The van der Waals surface area contributed by atoms with Gasteiger partial charge in [0.1, 0.15) is 18.2 Å². The molecule has 0 unspecified atom stereocenters. The molecule has 146 valence electrons. The van der Waals surface area contributed by atoms with Gasteiger partial charge < -0.3 is 15.4 Å². The van der Waals surface area contributed by atoms with E-state index < -0.39 is 0 Å². The zero-order chi connectivity index (χ0) is 19.8. The molecule has 1 heterocycles. The summed E-state index contributed by atoms with van der Waals surface area (Å²) in [6, 6.07) is 20.0. The van der Waals surface area contributed by atoms with Crippen LogP contribution in [-0.2, 0) is 6.61 Å². The molecule has 0 spiro atoms. The standard InChI is InChI=1S/C23H28N4O/c1-17(2)13-14-24-23-25-18(3)15-22(27-23)26-20-9-11-21(12-10-20)28-16-19-7-5-4-6-8-19/h4-12,15,17H,13-14,16H2,1-3H3,(H2,24,25,26,27). The van der Waals surface area contributed by atoms with Gasteiger partial charge in [-0.3, -0.25) is 0 Å². The molecule has 0 radical (unpaired) electrons. The quantitative estimate of drug-likeness (QED) is 0.511. The van der Waals surface area contributed by atoms with Crippen molar-refractivity contribution < 1.29 is 4.74 Å². The lowest BCUT2D eigenvalue weighted by atomic mass is 10.1. The van der Waals surface area contributed by atoms with Crippen LogP contribution in [0.4, 0.5) is 17.5 Å². The minimum Gasteiger partial charge on any atom is -0.489 e. The third kappa shape index (κ3) is 6.27. The van der Waals surface area contributed by atoms with Crippen LogP contribution in [0.1, 0.15) is 31.5 Å². The molecule has 0 fully saturated rings. The van der Waals surface area contributed by atoms with Crippen LogP contribution in [0.15, 0.2) is 60.7 Å². The molecular weight excluding hydrogens is 348 g/mol. The van der Waals surface area contributed by atoms with Crippen molar-refractivity contribution in [2.45, 2.75) is 33.8 Å². The van der Waals surface area contributed by atoms with E-state index in [1.54, 1.807) is 0 Å². The molecule has 2 N–H and O–H groups in total. The van der Waals surface area contributed by atoms with Crippen LogP contribution in [0, 0.1) is 12.8 Å². The first-order chi connectivity index (χ1) is 13.6. The zero-order valence-corrected chi connectivity index (χ0v) is 16.8. The molecule has 0 bridgehead atoms. The predicted octanol–water partition coefficient (Wildman–Crippen LogP) is 5.57.